The summed E-state index contributed by atoms with van der Waals surface area (Å²) in [6.45, 7) is 5.91. The second-order valence-corrected chi connectivity index (χ2v) is 6.06. The van der Waals surface area contributed by atoms with Crippen LogP contribution in [0.3, 0.4) is 0 Å². The molecule has 21 heavy (non-hydrogen) atoms. The van der Waals surface area contributed by atoms with Crippen LogP contribution in [0.25, 0.3) is 11.3 Å². The standard InChI is InChI=1S/C16H21N3OS/c1-12(2)16(20)18-9-8-17-10-15-19-14(11-21-15)13-6-4-3-5-7-13/h3-7,11-12,17H,8-10H2,1-2H3,(H,18,20). The molecule has 0 atom stereocenters. The fourth-order valence-corrected chi connectivity index (χ4v) is 2.58. The third kappa shape index (κ3) is 4.95. The predicted octanol–water partition coefficient (Wildman–Crippen LogP) is 2.67. The van der Waals surface area contributed by atoms with Crippen molar-refractivity contribution in [2.24, 2.45) is 5.92 Å². The van der Waals surface area contributed by atoms with Crippen molar-refractivity contribution < 1.29 is 4.79 Å². The number of amides is 1. The Kier molecular flexibility index (Phi) is 5.90. The molecule has 4 nitrogen and oxygen atoms in total. The summed E-state index contributed by atoms with van der Waals surface area (Å²) < 4.78 is 0. The molecule has 0 aliphatic carbocycles. The Hall–Kier alpha value is -1.72. The van der Waals surface area contributed by atoms with Gasteiger partial charge in [0.15, 0.2) is 0 Å². The quantitative estimate of drug-likeness (QED) is 0.773. The Morgan fingerprint density at radius 2 is 2.00 bits per heavy atom. The van der Waals surface area contributed by atoms with Crippen LogP contribution >= 0.6 is 11.3 Å². The van der Waals surface area contributed by atoms with Gasteiger partial charge in [0.1, 0.15) is 5.01 Å². The molecule has 112 valence electrons. The Balaban J connectivity index is 1.73. The van der Waals surface area contributed by atoms with Crippen molar-refractivity contribution >= 4 is 17.2 Å². The number of rotatable bonds is 7. The predicted molar refractivity (Wildman–Crippen MR) is 87.1 cm³/mol. The summed E-state index contributed by atoms with van der Waals surface area (Å²) in [4.78, 5) is 16.0. The fourth-order valence-electron chi connectivity index (χ4n) is 1.81. The molecule has 1 heterocycles. The van der Waals surface area contributed by atoms with E-state index in [0.717, 1.165) is 29.4 Å². The van der Waals surface area contributed by atoms with Gasteiger partial charge in [0.2, 0.25) is 5.91 Å². The first-order chi connectivity index (χ1) is 10.2. The second-order valence-electron chi connectivity index (χ2n) is 5.12. The Morgan fingerprint density at radius 3 is 2.71 bits per heavy atom. The summed E-state index contributed by atoms with van der Waals surface area (Å²) in [6.07, 6.45) is 0. The maximum atomic E-state index is 11.4. The number of nitrogens with one attached hydrogen (secondary N) is 2. The Bertz CT molecular complexity index is 566. The van der Waals surface area contributed by atoms with Crippen LogP contribution in [0.4, 0.5) is 0 Å². The van der Waals surface area contributed by atoms with Crippen molar-refractivity contribution in [2.75, 3.05) is 13.1 Å². The van der Waals surface area contributed by atoms with Crippen molar-refractivity contribution in [1.82, 2.24) is 15.6 Å². The van der Waals surface area contributed by atoms with E-state index in [4.69, 9.17) is 0 Å². The first kappa shape index (κ1) is 15.7. The minimum absolute atomic E-state index is 0.0393. The molecule has 0 radical (unpaired) electrons. The Morgan fingerprint density at radius 1 is 1.24 bits per heavy atom. The molecule has 0 saturated heterocycles. The normalized spacial score (nSPS) is 10.8. The highest BCUT2D eigenvalue weighted by Gasteiger charge is 2.06. The molecule has 1 amide bonds. The number of thiazole rings is 1. The van der Waals surface area contributed by atoms with Crippen molar-refractivity contribution in [3.63, 3.8) is 0 Å². The van der Waals surface area contributed by atoms with Crippen molar-refractivity contribution in [3.8, 4) is 11.3 Å². The topological polar surface area (TPSA) is 54.0 Å². The molecule has 0 aliphatic heterocycles. The molecule has 0 fully saturated rings. The van der Waals surface area contributed by atoms with Gasteiger partial charge in [0, 0.05) is 36.5 Å². The van der Waals surface area contributed by atoms with Gasteiger partial charge in [0.05, 0.1) is 5.69 Å². The van der Waals surface area contributed by atoms with Crippen LogP contribution in [0.1, 0.15) is 18.9 Å². The van der Waals surface area contributed by atoms with E-state index >= 15 is 0 Å². The minimum atomic E-state index is 0.0393. The van der Waals surface area contributed by atoms with E-state index in [0.29, 0.717) is 6.54 Å². The highest BCUT2D eigenvalue weighted by atomic mass is 32.1. The zero-order valence-corrected chi connectivity index (χ0v) is 13.2. The van der Waals surface area contributed by atoms with Crippen LogP contribution < -0.4 is 10.6 Å². The number of hydrogen-bond acceptors (Lipinski definition) is 4. The largest absolute Gasteiger partial charge is 0.355 e. The zero-order valence-electron chi connectivity index (χ0n) is 12.4. The smallest absolute Gasteiger partial charge is 0.222 e. The maximum absolute atomic E-state index is 11.4. The number of hydrogen-bond donors (Lipinski definition) is 2. The molecular formula is C16H21N3OS. The van der Waals surface area contributed by atoms with E-state index in [2.05, 4.69) is 33.1 Å². The average molecular weight is 303 g/mol. The van der Waals surface area contributed by atoms with Crippen LogP contribution in [0.5, 0.6) is 0 Å². The molecule has 2 aromatic rings. The number of carbonyl (C=O) groups excluding carboxylic acids is 1. The molecule has 0 unspecified atom stereocenters. The summed E-state index contributed by atoms with van der Waals surface area (Å²) in [5.41, 5.74) is 2.16. The molecule has 1 aromatic carbocycles. The van der Waals surface area contributed by atoms with Crippen molar-refractivity contribution in [1.29, 1.82) is 0 Å². The van der Waals surface area contributed by atoms with Gasteiger partial charge in [-0.15, -0.1) is 11.3 Å². The van der Waals surface area contributed by atoms with Crippen LogP contribution in [0, 0.1) is 5.92 Å². The second kappa shape index (κ2) is 7.90. The molecule has 0 spiro atoms. The van der Waals surface area contributed by atoms with E-state index in [1.165, 1.54) is 0 Å². The van der Waals surface area contributed by atoms with Gasteiger partial charge in [-0.25, -0.2) is 4.98 Å². The average Bonchev–Trinajstić information content (AvgIpc) is 2.96. The molecule has 1 aromatic heterocycles. The van der Waals surface area contributed by atoms with E-state index in [-0.39, 0.29) is 11.8 Å². The summed E-state index contributed by atoms with van der Waals surface area (Å²) in [5, 5.41) is 9.31. The molecule has 2 rings (SSSR count). The van der Waals surface area contributed by atoms with Crippen LogP contribution in [-0.2, 0) is 11.3 Å². The SMILES string of the molecule is CC(C)C(=O)NCCNCc1nc(-c2ccccc2)cs1. The van der Waals surface area contributed by atoms with Gasteiger partial charge in [-0.3, -0.25) is 4.79 Å². The number of carbonyl (C=O) groups is 1. The lowest BCUT2D eigenvalue weighted by Gasteiger charge is -2.07. The van der Waals surface area contributed by atoms with Gasteiger partial charge < -0.3 is 10.6 Å². The van der Waals surface area contributed by atoms with E-state index in [1.54, 1.807) is 11.3 Å². The number of nitrogens with zero attached hydrogens (tertiary/aromatic N) is 1. The Labute approximate surface area is 129 Å². The van der Waals surface area contributed by atoms with Crippen molar-refractivity contribution in [3.05, 3.63) is 40.7 Å². The lowest BCUT2D eigenvalue weighted by molar-refractivity contribution is -0.123. The van der Waals surface area contributed by atoms with Gasteiger partial charge in [0.25, 0.3) is 0 Å². The monoisotopic (exact) mass is 303 g/mol. The third-order valence-electron chi connectivity index (χ3n) is 3.02. The van der Waals surface area contributed by atoms with Gasteiger partial charge in [-0.2, -0.15) is 0 Å². The first-order valence-corrected chi connectivity index (χ1v) is 8.03. The van der Waals surface area contributed by atoms with E-state index in [9.17, 15) is 4.79 Å². The fraction of sp³-hybridized carbons (Fsp3) is 0.375. The summed E-state index contributed by atoms with van der Waals surface area (Å²) in [7, 11) is 0. The molecule has 5 heteroatoms. The van der Waals surface area contributed by atoms with Crippen LogP contribution in [-0.4, -0.2) is 24.0 Å². The molecule has 0 bridgehead atoms. The lowest BCUT2D eigenvalue weighted by Crippen LogP contribution is -2.34. The minimum Gasteiger partial charge on any atom is -0.355 e. The first-order valence-electron chi connectivity index (χ1n) is 7.15. The van der Waals surface area contributed by atoms with Gasteiger partial charge >= 0.3 is 0 Å². The highest BCUT2D eigenvalue weighted by Crippen LogP contribution is 2.21. The molecule has 0 saturated carbocycles. The summed E-state index contributed by atoms with van der Waals surface area (Å²) >= 11 is 1.65. The number of benzene rings is 1. The maximum Gasteiger partial charge on any atom is 0.222 e. The molecule has 2 N–H and O–H groups in total. The summed E-state index contributed by atoms with van der Waals surface area (Å²) in [6, 6.07) is 10.2. The van der Waals surface area contributed by atoms with Gasteiger partial charge in [-0.1, -0.05) is 44.2 Å². The highest BCUT2D eigenvalue weighted by molar-refractivity contribution is 7.09. The van der Waals surface area contributed by atoms with Crippen LogP contribution in [0.15, 0.2) is 35.7 Å². The van der Waals surface area contributed by atoms with Gasteiger partial charge in [-0.05, 0) is 0 Å². The van der Waals surface area contributed by atoms with E-state index < -0.39 is 0 Å². The third-order valence-corrected chi connectivity index (χ3v) is 3.87. The van der Waals surface area contributed by atoms with Crippen molar-refractivity contribution in [2.45, 2.75) is 20.4 Å². The molecule has 0 aliphatic rings. The van der Waals surface area contributed by atoms with Crippen LogP contribution in [0.2, 0.25) is 0 Å². The summed E-state index contributed by atoms with van der Waals surface area (Å²) in [5.74, 6) is 0.134. The lowest BCUT2D eigenvalue weighted by atomic mass is 10.2. The molecular weight excluding hydrogens is 282 g/mol. The zero-order chi connectivity index (χ0) is 15.1. The van der Waals surface area contributed by atoms with E-state index in [1.807, 2.05) is 32.0 Å². The number of aromatic nitrogens is 1.